The molecule has 0 aliphatic rings. The molecule has 0 saturated heterocycles. The zero-order valence-electron chi connectivity index (χ0n) is 9.42. The first-order chi connectivity index (χ1) is 8.10. The molecular formula is C12H14O4S. The Bertz CT molecular complexity index is 417. The number of thioether (sulfide) groups is 1. The van der Waals surface area contributed by atoms with E-state index in [1.807, 2.05) is 12.3 Å². The van der Waals surface area contributed by atoms with Gasteiger partial charge in [-0.2, -0.15) is 0 Å². The van der Waals surface area contributed by atoms with Crippen molar-refractivity contribution in [3.05, 3.63) is 29.3 Å². The van der Waals surface area contributed by atoms with Gasteiger partial charge in [0, 0.05) is 16.9 Å². The van der Waals surface area contributed by atoms with Gasteiger partial charge >= 0.3 is 5.97 Å². The highest BCUT2D eigenvalue weighted by Gasteiger charge is 2.19. The second kappa shape index (κ2) is 6.42. The average molecular weight is 254 g/mol. The summed E-state index contributed by atoms with van der Waals surface area (Å²) in [6.07, 6.45) is 2.06. The van der Waals surface area contributed by atoms with Gasteiger partial charge in [-0.05, 0) is 24.3 Å². The molecule has 0 spiro atoms. The van der Waals surface area contributed by atoms with Crippen LogP contribution in [0.3, 0.4) is 0 Å². The van der Waals surface area contributed by atoms with Crippen LogP contribution in [0.2, 0.25) is 0 Å². The van der Waals surface area contributed by atoms with Gasteiger partial charge < -0.3 is 15.0 Å². The molecule has 92 valence electrons. The molecule has 0 saturated carbocycles. The molecule has 0 aliphatic heterocycles. The van der Waals surface area contributed by atoms with Crippen molar-refractivity contribution in [3.8, 4) is 0 Å². The molecule has 0 amide bonds. The van der Waals surface area contributed by atoms with Crippen molar-refractivity contribution in [2.24, 2.45) is 0 Å². The predicted octanol–water partition coefficient (Wildman–Crippen LogP) is 1.66. The molecule has 1 unspecified atom stereocenters. The smallest absolute Gasteiger partial charge is 0.337 e. The molecule has 5 heteroatoms. The van der Waals surface area contributed by atoms with Gasteiger partial charge in [-0.1, -0.05) is 12.1 Å². The molecule has 1 aromatic rings. The van der Waals surface area contributed by atoms with E-state index in [4.69, 9.17) is 5.11 Å². The van der Waals surface area contributed by atoms with E-state index >= 15 is 0 Å². The maximum Gasteiger partial charge on any atom is 0.337 e. The minimum atomic E-state index is -1.52. The average Bonchev–Trinajstić information content (AvgIpc) is 2.34. The number of carbonyl (C=O) groups is 2. The summed E-state index contributed by atoms with van der Waals surface area (Å²) >= 11 is 1.38. The number of benzene rings is 1. The van der Waals surface area contributed by atoms with Crippen LogP contribution in [0.1, 0.15) is 23.7 Å². The fraction of sp³-hybridized carbons (Fsp3) is 0.333. The van der Waals surface area contributed by atoms with Crippen LogP contribution in [0.5, 0.6) is 0 Å². The van der Waals surface area contributed by atoms with E-state index in [0.717, 1.165) is 16.7 Å². The molecule has 0 radical (unpaired) electrons. The summed E-state index contributed by atoms with van der Waals surface area (Å²) in [6.45, 7) is 0. The van der Waals surface area contributed by atoms with Crippen LogP contribution in [0, 0.1) is 0 Å². The van der Waals surface area contributed by atoms with Gasteiger partial charge in [-0.15, -0.1) is 11.8 Å². The Morgan fingerprint density at radius 2 is 2.24 bits per heavy atom. The van der Waals surface area contributed by atoms with Crippen LogP contribution in [0.15, 0.2) is 23.1 Å². The van der Waals surface area contributed by atoms with E-state index < -0.39 is 12.1 Å². The number of aliphatic hydroxyl groups is 1. The molecular weight excluding hydrogens is 240 g/mol. The largest absolute Gasteiger partial charge is 0.479 e. The third kappa shape index (κ3) is 3.57. The molecule has 0 aromatic heterocycles. The second-order valence-corrected chi connectivity index (χ2v) is 4.37. The monoisotopic (exact) mass is 254 g/mol. The lowest BCUT2D eigenvalue weighted by Gasteiger charge is -2.12. The third-order valence-corrected chi connectivity index (χ3v) is 3.19. The molecule has 0 aliphatic carbocycles. The molecule has 0 fully saturated rings. The zero-order valence-corrected chi connectivity index (χ0v) is 10.2. The number of carboxylic acid groups (broad SMARTS) is 1. The van der Waals surface area contributed by atoms with Crippen molar-refractivity contribution in [1.29, 1.82) is 0 Å². The SMILES string of the molecule is CSc1ccc(CCC=O)cc1C(O)C(=O)O. The zero-order chi connectivity index (χ0) is 12.8. The van der Waals surface area contributed by atoms with Crippen LogP contribution in [0.4, 0.5) is 0 Å². The van der Waals surface area contributed by atoms with Gasteiger partial charge in [0.25, 0.3) is 0 Å². The lowest BCUT2D eigenvalue weighted by molar-refractivity contribution is -0.147. The van der Waals surface area contributed by atoms with Gasteiger partial charge in [0.15, 0.2) is 6.10 Å². The van der Waals surface area contributed by atoms with Gasteiger partial charge in [0.05, 0.1) is 0 Å². The summed E-state index contributed by atoms with van der Waals surface area (Å²) in [5, 5.41) is 18.4. The molecule has 1 rings (SSSR count). The summed E-state index contributed by atoms with van der Waals surface area (Å²) in [4.78, 5) is 21.8. The van der Waals surface area contributed by atoms with Crippen LogP contribution in [-0.2, 0) is 16.0 Å². The van der Waals surface area contributed by atoms with Crippen LogP contribution < -0.4 is 0 Å². The third-order valence-electron chi connectivity index (χ3n) is 2.37. The standard InChI is InChI=1S/C12H14O4S/c1-17-10-5-4-8(3-2-6-13)7-9(10)11(14)12(15)16/h4-7,11,14H,2-3H2,1H3,(H,15,16). The lowest BCUT2D eigenvalue weighted by atomic mass is 10.0. The second-order valence-electron chi connectivity index (χ2n) is 3.52. The quantitative estimate of drug-likeness (QED) is 0.596. The predicted molar refractivity (Wildman–Crippen MR) is 65.2 cm³/mol. The maximum atomic E-state index is 10.8. The Labute approximate surface area is 104 Å². The summed E-state index contributed by atoms with van der Waals surface area (Å²) in [6, 6.07) is 5.26. The van der Waals surface area contributed by atoms with E-state index in [9.17, 15) is 14.7 Å². The van der Waals surface area contributed by atoms with Crippen molar-refractivity contribution in [2.45, 2.75) is 23.8 Å². The summed E-state index contributed by atoms with van der Waals surface area (Å²) in [7, 11) is 0. The number of hydrogen-bond donors (Lipinski definition) is 2. The molecule has 1 atom stereocenters. The topological polar surface area (TPSA) is 74.6 Å². The Kier molecular flexibility index (Phi) is 5.18. The minimum absolute atomic E-state index is 0.383. The molecule has 0 bridgehead atoms. The Morgan fingerprint density at radius 3 is 2.76 bits per heavy atom. The number of hydrogen-bond acceptors (Lipinski definition) is 4. The highest BCUT2D eigenvalue weighted by atomic mass is 32.2. The Morgan fingerprint density at radius 1 is 1.53 bits per heavy atom. The summed E-state index contributed by atoms with van der Waals surface area (Å²) < 4.78 is 0. The van der Waals surface area contributed by atoms with E-state index in [2.05, 4.69) is 0 Å². The van der Waals surface area contributed by atoms with Crippen molar-refractivity contribution >= 4 is 24.0 Å². The number of aryl methyl sites for hydroxylation is 1. The molecule has 0 heterocycles. The van der Waals surface area contributed by atoms with E-state index in [0.29, 0.717) is 18.4 Å². The molecule has 4 nitrogen and oxygen atoms in total. The van der Waals surface area contributed by atoms with Crippen molar-refractivity contribution in [2.75, 3.05) is 6.26 Å². The van der Waals surface area contributed by atoms with E-state index in [-0.39, 0.29) is 0 Å². The number of carboxylic acids is 1. The van der Waals surface area contributed by atoms with Crippen molar-refractivity contribution < 1.29 is 19.8 Å². The summed E-state index contributed by atoms with van der Waals surface area (Å²) in [5.41, 5.74) is 1.23. The van der Waals surface area contributed by atoms with Crippen LogP contribution >= 0.6 is 11.8 Å². The van der Waals surface area contributed by atoms with Gasteiger partial charge in [-0.25, -0.2) is 4.79 Å². The van der Waals surface area contributed by atoms with Crippen LogP contribution in [0.25, 0.3) is 0 Å². The maximum absolute atomic E-state index is 10.8. The number of aliphatic hydroxyl groups excluding tert-OH is 1. The van der Waals surface area contributed by atoms with E-state index in [1.165, 1.54) is 11.8 Å². The van der Waals surface area contributed by atoms with Gasteiger partial charge in [-0.3, -0.25) is 0 Å². The highest BCUT2D eigenvalue weighted by Crippen LogP contribution is 2.27. The summed E-state index contributed by atoms with van der Waals surface area (Å²) in [5.74, 6) is -1.27. The van der Waals surface area contributed by atoms with Gasteiger partial charge in [0.2, 0.25) is 0 Å². The van der Waals surface area contributed by atoms with Gasteiger partial charge in [0.1, 0.15) is 6.29 Å². The minimum Gasteiger partial charge on any atom is -0.479 e. The first-order valence-corrected chi connectivity index (χ1v) is 6.34. The van der Waals surface area contributed by atoms with Crippen molar-refractivity contribution in [3.63, 3.8) is 0 Å². The number of carbonyl (C=O) groups excluding carboxylic acids is 1. The Hall–Kier alpha value is -1.33. The molecule has 1 aromatic carbocycles. The highest BCUT2D eigenvalue weighted by molar-refractivity contribution is 7.98. The Balaban J connectivity index is 3.05. The van der Waals surface area contributed by atoms with Crippen molar-refractivity contribution in [1.82, 2.24) is 0 Å². The number of aliphatic carboxylic acids is 1. The normalized spacial score (nSPS) is 12.1. The molecule has 17 heavy (non-hydrogen) atoms. The first-order valence-electron chi connectivity index (χ1n) is 5.11. The van der Waals surface area contributed by atoms with E-state index in [1.54, 1.807) is 12.1 Å². The fourth-order valence-electron chi connectivity index (χ4n) is 1.51. The molecule has 2 N–H and O–H groups in total. The fourth-order valence-corrected chi connectivity index (χ4v) is 2.12. The van der Waals surface area contributed by atoms with Crippen LogP contribution in [-0.4, -0.2) is 28.7 Å². The lowest BCUT2D eigenvalue weighted by Crippen LogP contribution is -2.12. The number of aldehydes is 1. The number of rotatable bonds is 6. The first kappa shape index (κ1) is 13.7.